The third-order valence-electron chi connectivity index (χ3n) is 6.24. The minimum absolute atomic E-state index is 0.0931. The molecule has 3 rings (SSSR count). The number of carbonyl (C=O) groups is 3. The van der Waals surface area contributed by atoms with E-state index in [1.54, 1.807) is 86.1 Å². The molecule has 3 aromatic rings. The molecule has 49 heavy (non-hydrogen) atoms. The Hall–Kier alpha value is -3.69. The summed E-state index contributed by atoms with van der Waals surface area (Å²) in [6.45, 7) is 16.4. The maximum Gasteiger partial charge on any atom is 0.425 e. The lowest BCUT2D eigenvalue weighted by molar-refractivity contribution is 0.0423. The van der Waals surface area contributed by atoms with Gasteiger partial charge in [0, 0.05) is 22.2 Å². The number of ether oxygens (including phenoxy) is 5. The molecule has 0 fully saturated rings. The van der Waals surface area contributed by atoms with E-state index < -0.39 is 35.1 Å². The first-order valence-electron chi connectivity index (χ1n) is 15.7. The number of benzene rings is 1. The molecule has 0 aliphatic heterocycles. The molecule has 2 aromatic heterocycles. The minimum atomic E-state index is -0.971. The number of anilines is 1. The Morgan fingerprint density at radius 2 is 1.55 bits per heavy atom. The SMILES string of the molecule is COC[C@@H](CCCOc1cc(Cl)cc(Br)c1Cn1cnc2c(N(C(=O)OC(C)(C)C)C(=O)OC(C)(C)C)ncnc21)NC(=O)OC(C)(C)C. The van der Waals surface area contributed by atoms with Crippen LogP contribution in [0, 0.1) is 0 Å². The predicted molar refractivity (Wildman–Crippen MR) is 188 cm³/mol. The zero-order valence-electron chi connectivity index (χ0n) is 29.7. The number of amides is 3. The molecule has 0 aliphatic carbocycles. The second-order valence-electron chi connectivity index (χ2n) is 14.2. The number of imidazole rings is 1. The van der Waals surface area contributed by atoms with E-state index >= 15 is 0 Å². The van der Waals surface area contributed by atoms with E-state index in [0.717, 1.165) is 10.5 Å². The van der Waals surface area contributed by atoms with Crippen LogP contribution in [-0.4, -0.2) is 81.0 Å². The first-order valence-corrected chi connectivity index (χ1v) is 16.9. The quantitative estimate of drug-likeness (QED) is 0.151. The van der Waals surface area contributed by atoms with Gasteiger partial charge in [0.05, 0.1) is 32.1 Å². The number of hydrogen-bond acceptors (Lipinski definition) is 11. The number of nitrogens with zero attached hydrogens (tertiary/aromatic N) is 5. The summed E-state index contributed by atoms with van der Waals surface area (Å²) < 4.78 is 30.3. The topological polar surface area (TPSA) is 156 Å². The minimum Gasteiger partial charge on any atom is -0.493 e. The molecule has 3 amide bonds. The van der Waals surface area contributed by atoms with Crippen LogP contribution in [0.3, 0.4) is 0 Å². The number of methoxy groups -OCH3 is 1. The van der Waals surface area contributed by atoms with Gasteiger partial charge in [-0.3, -0.25) is 0 Å². The number of imide groups is 1. The fourth-order valence-corrected chi connectivity index (χ4v) is 5.33. The molecule has 0 saturated heterocycles. The largest absolute Gasteiger partial charge is 0.493 e. The average Bonchev–Trinajstić information content (AvgIpc) is 3.33. The van der Waals surface area contributed by atoms with Crippen molar-refractivity contribution in [2.24, 2.45) is 0 Å². The van der Waals surface area contributed by atoms with Crippen LogP contribution in [0.15, 0.2) is 29.3 Å². The number of fused-ring (bicyclic) bond motifs is 1. The van der Waals surface area contributed by atoms with Crippen LogP contribution in [-0.2, 0) is 25.5 Å². The summed E-state index contributed by atoms with van der Waals surface area (Å²) in [7, 11) is 1.57. The first kappa shape index (κ1) is 39.7. The van der Waals surface area contributed by atoms with E-state index in [2.05, 4.69) is 36.2 Å². The molecule has 0 radical (unpaired) electrons. The number of alkyl carbamates (subject to hydrolysis) is 1. The van der Waals surface area contributed by atoms with Crippen molar-refractivity contribution in [1.29, 1.82) is 0 Å². The first-order chi connectivity index (χ1) is 22.7. The van der Waals surface area contributed by atoms with Gasteiger partial charge in [-0.15, -0.1) is 0 Å². The molecule has 0 aliphatic rings. The molecule has 1 aromatic carbocycles. The normalized spacial score (nSPS) is 12.7. The molecule has 0 spiro atoms. The average molecular weight is 770 g/mol. The smallest absolute Gasteiger partial charge is 0.425 e. The van der Waals surface area contributed by atoms with E-state index in [0.29, 0.717) is 46.9 Å². The summed E-state index contributed by atoms with van der Waals surface area (Å²) in [6.07, 6.45) is 1.45. The second kappa shape index (κ2) is 16.3. The van der Waals surface area contributed by atoms with Gasteiger partial charge in [-0.1, -0.05) is 27.5 Å². The summed E-state index contributed by atoms with van der Waals surface area (Å²) in [6, 6.07) is 3.18. The summed E-state index contributed by atoms with van der Waals surface area (Å²) in [5.74, 6) is 0.424. The van der Waals surface area contributed by atoms with Crippen LogP contribution in [0.5, 0.6) is 5.75 Å². The third kappa shape index (κ3) is 12.3. The van der Waals surface area contributed by atoms with Gasteiger partial charge >= 0.3 is 18.3 Å². The van der Waals surface area contributed by atoms with Gasteiger partial charge in [0.15, 0.2) is 17.0 Å². The van der Waals surface area contributed by atoms with Crippen LogP contribution in [0.2, 0.25) is 5.02 Å². The van der Waals surface area contributed by atoms with Crippen LogP contribution in [0.1, 0.15) is 80.7 Å². The monoisotopic (exact) mass is 768 g/mol. The lowest BCUT2D eigenvalue weighted by Crippen LogP contribution is -2.44. The molecular formula is C33H46BrClN6O8. The lowest BCUT2D eigenvalue weighted by atomic mass is 10.1. The number of rotatable bonds is 11. The Balaban J connectivity index is 1.86. The van der Waals surface area contributed by atoms with Crippen molar-refractivity contribution in [2.75, 3.05) is 25.2 Å². The van der Waals surface area contributed by atoms with Crippen molar-refractivity contribution in [3.63, 3.8) is 0 Å². The molecule has 0 unspecified atom stereocenters. The van der Waals surface area contributed by atoms with Gasteiger partial charge in [-0.05, 0) is 87.3 Å². The summed E-state index contributed by atoms with van der Waals surface area (Å²) >= 11 is 10.0. The highest BCUT2D eigenvalue weighted by Crippen LogP contribution is 2.34. The molecule has 0 saturated carbocycles. The number of halogens is 2. The van der Waals surface area contributed by atoms with E-state index in [-0.39, 0.29) is 23.9 Å². The van der Waals surface area contributed by atoms with Crippen LogP contribution < -0.4 is 15.0 Å². The van der Waals surface area contributed by atoms with Crippen molar-refractivity contribution in [3.8, 4) is 5.75 Å². The van der Waals surface area contributed by atoms with Crippen molar-refractivity contribution in [2.45, 2.75) is 105 Å². The molecule has 0 bridgehead atoms. The number of aromatic nitrogens is 4. The molecule has 14 nitrogen and oxygen atoms in total. The second-order valence-corrected chi connectivity index (χ2v) is 15.5. The van der Waals surface area contributed by atoms with Crippen LogP contribution in [0.4, 0.5) is 20.2 Å². The standard InChI is InChI=1S/C33H46BrClN6O8/c1-31(2,3)47-28(42)39-21(17-45-10)12-11-13-46-24-15-20(35)14-23(34)22(24)16-40-19-38-25-26(40)36-18-37-27(25)41(29(43)48-32(4,5)6)30(44)49-33(7,8)9/h14-15,18-19,21H,11-13,16-17H2,1-10H3,(H,39,42)/t21-/m1/s1. The van der Waals surface area contributed by atoms with Crippen LogP contribution >= 0.6 is 27.5 Å². The number of nitrogens with one attached hydrogen (secondary N) is 1. The van der Waals surface area contributed by atoms with Crippen LogP contribution in [0.25, 0.3) is 11.2 Å². The zero-order chi connectivity index (χ0) is 36.7. The maximum absolute atomic E-state index is 13.3. The zero-order valence-corrected chi connectivity index (χ0v) is 32.0. The van der Waals surface area contributed by atoms with Crippen molar-refractivity contribution in [3.05, 3.63) is 39.8 Å². The Morgan fingerprint density at radius 3 is 2.12 bits per heavy atom. The molecule has 2 heterocycles. The van der Waals surface area contributed by atoms with E-state index in [9.17, 15) is 14.4 Å². The lowest BCUT2D eigenvalue weighted by Gasteiger charge is -2.28. The Kier molecular flexibility index (Phi) is 13.3. The van der Waals surface area contributed by atoms with E-state index in [1.807, 2.05) is 0 Å². The van der Waals surface area contributed by atoms with Gasteiger partial charge in [-0.25, -0.2) is 29.3 Å². The predicted octanol–water partition coefficient (Wildman–Crippen LogP) is 7.67. The van der Waals surface area contributed by atoms with Crippen molar-refractivity contribution >= 4 is 62.8 Å². The van der Waals surface area contributed by atoms with Gasteiger partial charge < -0.3 is 33.6 Å². The number of hydrogen-bond donors (Lipinski definition) is 1. The summed E-state index contributed by atoms with van der Waals surface area (Å²) in [4.78, 5) is 52.7. The number of carbonyl (C=O) groups excluding carboxylic acids is 3. The van der Waals surface area contributed by atoms with Crippen molar-refractivity contribution in [1.82, 2.24) is 24.8 Å². The molecule has 1 N–H and O–H groups in total. The Morgan fingerprint density at radius 1 is 0.939 bits per heavy atom. The van der Waals surface area contributed by atoms with Gasteiger partial charge in [0.1, 0.15) is 28.9 Å². The van der Waals surface area contributed by atoms with Crippen molar-refractivity contribution < 1.29 is 38.1 Å². The molecular weight excluding hydrogens is 724 g/mol. The summed E-state index contributed by atoms with van der Waals surface area (Å²) in [5.41, 5.74) is -1.18. The van der Waals surface area contributed by atoms with E-state index in [4.69, 9.17) is 35.3 Å². The fourth-order valence-electron chi connectivity index (χ4n) is 4.43. The van der Waals surface area contributed by atoms with Gasteiger partial charge in [0.25, 0.3) is 0 Å². The Bertz CT molecular complexity index is 1600. The summed E-state index contributed by atoms with van der Waals surface area (Å²) in [5, 5.41) is 3.30. The maximum atomic E-state index is 13.3. The molecule has 1 atom stereocenters. The highest BCUT2D eigenvalue weighted by molar-refractivity contribution is 9.10. The van der Waals surface area contributed by atoms with Gasteiger partial charge in [-0.2, -0.15) is 4.90 Å². The van der Waals surface area contributed by atoms with E-state index in [1.165, 1.54) is 12.7 Å². The fraction of sp³-hybridized carbons (Fsp3) is 0.576. The molecule has 270 valence electrons. The highest BCUT2D eigenvalue weighted by atomic mass is 79.9. The third-order valence-corrected chi connectivity index (χ3v) is 7.16. The Labute approximate surface area is 300 Å². The highest BCUT2D eigenvalue weighted by Gasteiger charge is 2.35. The van der Waals surface area contributed by atoms with Gasteiger partial charge in [0.2, 0.25) is 0 Å². The molecule has 16 heteroatoms.